The number of anilines is 2. The van der Waals surface area contributed by atoms with Gasteiger partial charge in [0.05, 0.1) is 36.9 Å². The van der Waals surface area contributed by atoms with Crippen molar-refractivity contribution in [3.63, 3.8) is 0 Å². The maximum Gasteiger partial charge on any atom is 0.340 e. The van der Waals surface area contributed by atoms with Crippen molar-refractivity contribution in [1.82, 2.24) is 24.4 Å². The van der Waals surface area contributed by atoms with Gasteiger partial charge in [0.15, 0.2) is 5.65 Å². The van der Waals surface area contributed by atoms with Crippen LogP contribution in [0.2, 0.25) is 0 Å². The van der Waals surface area contributed by atoms with E-state index in [0.717, 1.165) is 33.7 Å². The number of fused-ring (bicyclic) bond motifs is 1. The summed E-state index contributed by atoms with van der Waals surface area (Å²) in [5.41, 5.74) is 6.21. The second kappa shape index (κ2) is 8.94. The third kappa shape index (κ3) is 3.97. The lowest BCUT2D eigenvalue weighted by molar-refractivity contribution is 0.0601. The second-order valence-corrected chi connectivity index (χ2v) is 8.02. The van der Waals surface area contributed by atoms with Crippen molar-refractivity contribution in [3.8, 4) is 22.6 Å². The lowest BCUT2D eigenvalue weighted by Gasteiger charge is -2.16. The predicted molar refractivity (Wildman–Crippen MR) is 133 cm³/mol. The average molecular weight is 469 g/mol. The maximum atomic E-state index is 12.6. The maximum absolute atomic E-state index is 12.6. The molecule has 0 spiro atoms. The average Bonchev–Trinajstić information content (AvgIpc) is 3.47. The lowest BCUT2D eigenvalue weighted by Crippen LogP contribution is -2.09. The van der Waals surface area contributed by atoms with Gasteiger partial charge in [0.2, 0.25) is 0 Å². The zero-order chi connectivity index (χ0) is 24.5. The molecule has 0 aliphatic rings. The summed E-state index contributed by atoms with van der Waals surface area (Å²) in [4.78, 5) is 16.9. The van der Waals surface area contributed by atoms with Gasteiger partial charge in [-0.2, -0.15) is 10.2 Å². The molecule has 0 bridgehead atoms. The van der Waals surface area contributed by atoms with Gasteiger partial charge in [-0.1, -0.05) is 18.2 Å². The molecule has 3 aromatic heterocycles. The second-order valence-electron chi connectivity index (χ2n) is 8.02. The van der Waals surface area contributed by atoms with Crippen LogP contribution in [0.3, 0.4) is 0 Å². The van der Waals surface area contributed by atoms with Crippen molar-refractivity contribution in [2.24, 2.45) is 0 Å². The highest BCUT2D eigenvalue weighted by molar-refractivity contribution is 5.98. The number of nitrogens with one attached hydrogen (secondary N) is 1. The van der Waals surface area contributed by atoms with Crippen LogP contribution in [0.15, 0.2) is 67.1 Å². The molecule has 5 aromatic rings. The number of hydrogen-bond donors (Lipinski definition) is 1. The normalized spacial score (nSPS) is 11.0. The highest BCUT2D eigenvalue weighted by atomic mass is 16.5. The van der Waals surface area contributed by atoms with E-state index < -0.39 is 5.97 Å². The molecule has 1 N–H and O–H groups in total. The quantitative estimate of drug-likeness (QED) is 0.360. The van der Waals surface area contributed by atoms with Gasteiger partial charge in [-0.25, -0.2) is 19.0 Å². The van der Waals surface area contributed by atoms with Crippen molar-refractivity contribution < 1.29 is 14.3 Å². The van der Waals surface area contributed by atoms with Gasteiger partial charge in [-0.3, -0.25) is 0 Å². The van der Waals surface area contributed by atoms with Crippen LogP contribution in [0.1, 0.15) is 21.6 Å². The van der Waals surface area contributed by atoms with Crippen LogP contribution in [-0.4, -0.2) is 44.6 Å². The zero-order valence-electron chi connectivity index (χ0n) is 19.8. The van der Waals surface area contributed by atoms with E-state index in [1.165, 1.54) is 13.4 Å². The lowest BCUT2D eigenvalue weighted by atomic mass is 10.1. The van der Waals surface area contributed by atoms with E-state index in [1.54, 1.807) is 29.8 Å². The number of rotatable bonds is 6. The highest BCUT2D eigenvalue weighted by Crippen LogP contribution is 2.37. The van der Waals surface area contributed by atoms with Crippen LogP contribution in [0.4, 0.5) is 11.5 Å². The molecular formula is C26H24N6O3. The minimum Gasteiger partial charge on any atom is -0.497 e. The Balaban J connectivity index is 1.74. The van der Waals surface area contributed by atoms with E-state index >= 15 is 0 Å². The number of aromatic nitrogens is 5. The summed E-state index contributed by atoms with van der Waals surface area (Å²) in [7, 11) is 2.91. The highest BCUT2D eigenvalue weighted by Gasteiger charge is 2.22. The number of pyridine rings is 1. The minimum absolute atomic E-state index is 0.347. The van der Waals surface area contributed by atoms with E-state index in [4.69, 9.17) is 14.6 Å². The molecule has 9 heteroatoms. The molecule has 3 heterocycles. The van der Waals surface area contributed by atoms with Crippen LogP contribution in [0, 0.1) is 13.8 Å². The van der Waals surface area contributed by atoms with E-state index in [0.29, 0.717) is 22.8 Å². The molecule has 9 nitrogen and oxygen atoms in total. The first-order valence-corrected chi connectivity index (χ1v) is 11.0. The Hall–Kier alpha value is -4.66. The summed E-state index contributed by atoms with van der Waals surface area (Å²) in [6.45, 7) is 3.99. The third-order valence-electron chi connectivity index (χ3n) is 5.85. The number of esters is 1. The van der Waals surface area contributed by atoms with Gasteiger partial charge in [0, 0.05) is 17.3 Å². The van der Waals surface area contributed by atoms with Crippen LogP contribution >= 0.6 is 0 Å². The molecule has 0 aliphatic carbocycles. The van der Waals surface area contributed by atoms with Crippen LogP contribution in [0.5, 0.6) is 5.75 Å². The number of methoxy groups -OCH3 is 2. The number of carbonyl (C=O) groups excluding carboxylic acids is 1. The van der Waals surface area contributed by atoms with Gasteiger partial charge in [0.25, 0.3) is 0 Å². The number of para-hydroxylation sites is 1. The molecule has 0 fully saturated rings. The zero-order valence-corrected chi connectivity index (χ0v) is 19.8. The summed E-state index contributed by atoms with van der Waals surface area (Å²) in [6.07, 6.45) is 3.43. The van der Waals surface area contributed by atoms with E-state index in [-0.39, 0.29) is 0 Å². The fourth-order valence-corrected chi connectivity index (χ4v) is 4.09. The topological polar surface area (TPSA) is 95.6 Å². The molecule has 0 radical (unpaired) electrons. The van der Waals surface area contributed by atoms with Gasteiger partial charge >= 0.3 is 5.97 Å². The summed E-state index contributed by atoms with van der Waals surface area (Å²) >= 11 is 0. The molecular weight excluding hydrogens is 444 g/mol. The summed E-state index contributed by atoms with van der Waals surface area (Å²) < 4.78 is 13.9. The number of nitrogens with zero attached hydrogens (tertiary/aromatic N) is 5. The first-order chi connectivity index (χ1) is 17.0. The number of hydrogen-bond acceptors (Lipinski definition) is 7. The fourth-order valence-electron chi connectivity index (χ4n) is 4.09. The van der Waals surface area contributed by atoms with Gasteiger partial charge in [-0.05, 0) is 55.8 Å². The van der Waals surface area contributed by atoms with Gasteiger partial charge in [0.1, 0.15) is 17.9 Å². The van der Waals surface area contributed by atoms with E-state index in [9.17, 15) is 4.79 Å². The van der Waals surface area contributed by atoms with Crippen LogP contribution in [0.25, 0.3) is 22.5 Å². The van der Waals surface area contributed by atoms with Gasteiger partial charge < -0.3 is 14.8 Å². The van der Waals surface area contributed by atoms with E-state index in [1.807, 2.05) is 61.1 Å². The Labute approximate surface area is 201 Å². The fraction of sp³-hybridized carbons (Fsp3) is 0.154. The number of benzene rings is 2. The summed E-state index contributed by atoms with van der Waals surface area (Å²) in [5.74, 6) is 0.777. The smallest absolute Gasteiger partial charge is 0.340 e. The van der Waals surface area contributed by atoms with Crippen molar-refractivity contribution in [2.45, 2.75) is 13.8 Å². The first-order valence-electron chi connectivity index (χ1n) is 11.0. The monoisotopic (exact) mass is 468 g/mol. The number of carbonyl (C=O) groups is 1. The summed E-state index contributed by atoms with van der Waals surface area (Å²) in [6, 6.07) is 17.1. The predicted octanol–water partition coefficient (Wildman–Crippen LogP) is 4.74. The molecule has 0 unspecified atom stereocenters. The van der Waals surface area contributed by atoms with E-state index in [2.05, 4.69) is 15.4 Å². The Kier molecular flexibility index (Phi) is 5.66. The molecule has 0 amide bonds. The summed E-state index contributed by atoms with van der Waals surface area (Å²) in [5, 5.41) is 12.6. The molecule has 0 aliphatic heterocycles. The molecule has 0 atom stereocenters. The minimum atomic E-state index is -0.476. The Morgan fingerprint density at radius 3 is 2.63 bits per heavy atom. The SMILES string of the molecule is COC(=O)c1cc(OC)ccc1Nc1c(-c2ccc3ncnn3c2)c(C)nn1-c1ccccc1C. The number of aryl methyl sites for hydroxylation is 2. The molecule has 0 saturated heterocycles. The van der Waals surface area contributed by atoms with Crippen molar-refractivity contribution in [1.29, 1.82) is 0 Å². The largest absolute Gasteiger partial charge is 0.497 e. The Morgan fingerprint density at radius 2 is 1.86 bits per heavy atom. The van der Waals surface area contributed by atoms with Gasteiger partial charge in [-0.15, -0.1) is 0 Å². The number of ether oxygens (including phenoxy) is 2. The third-order valence-corrected chi connectivity index (χ3v) is 5.85. The van der Waals surface area contributed by atoms with Crippen molar-refractivity contribution in [3.05, 3.63) is 83.9 Å². The van der Waals surface area contributed by atoms with Crippen LogP contribution in [-0.2, 0) is 4.74 Å². The molecule has 5 rings (SSSR count). The molecule has 176 valence electrons. The standard InChI is InChI=1S/C26H24N6O3/c1-16-7-5-6-8-22(16)32-25(29-21-11-10-19(34-3)13-20(21)26(33)35-4)24(17(2)30-32)18-9-12-23-27-15-28-31(23)14-18/h5-15,29H,1-4H3. The van der Waals surface area contributed by atoms with Crippen molar-refractivity contribution in [2.75, 3.05) is 19.5 Å². The first kappa shape index (κ1) is 22.1. The molecule has 2 aromatic carbocycles. The van der Waals surface area contributed by atoms with Crippen LogP contribution < -0.4 is 10.1 Å². The Bertz CT molecular complexity index is 1550. The molecule has 0 saturated carbocycles. The molecule has 35 heavy (non-hydrogen) atoms. The Morgan fingerprint density at radius 1 is 1.03 bits per heavy atom. The van der Waals surface area contributed by atoms with Crippen molar-refractivity contribution >= 4 is 23.1 Å².